The average Bonchev–Trinajstić information content (AvgIpc) is 3.11. The van der Waals surface area contributed by atoms with Crippen molar-refractivity contribution in [2.75, 3.05) is 20.8 Å². The van der Waals surface area contributed by atoms with Crippen LogP contribution in [0.3, 0.4) is 0 Å². The number of benzene rings is 1. The normalized spacial score (nSPS) is 15.9. The standard InChI is InChI=1S/C22H25N3O3/c1-27-19-9-6-15(13-20(19)28-2)10-11-23-22(26)16-7-8-17-18(14-16)25-12-4-3-5-21(25)24-17/h3-6,9,12-13,16H,7-8,10-11,14H2,1-2H3,(H,23,26). The number of amides is 1. The third-order valence-electron chi connectivity index (χ3n) is 5.41. The Kier molecular flexibility index (Phi) is 5.19. The second-order valence-corrected chi connectivity index (χ2v) is 7.10. The lowest BCUT2D eigenvalue weighted by Crippen LogP contribution is -2.35. The number of ether oxygens (including phenoxy) is 2. The molecule has 0 aliphatic heterocycles. The molecule has 1 N–H and O–H groups in total. The number of nitrogens with zero attached hydrogens (tertiary/aromatic N) is 2. The number of carbonyl (C=O) groups is 1. The van der Waals surface area contributed by atoms with Crippen molar-refractivity contribution >= 4 is 11.6 Å². The highest BCUT2D eigenvalue weighted by molar-refractivity contribution is 5.79. The molecule has 2 aromatic heterocycles. The predicted octanol–water partition coefficient (Wildman–Crippen LogP) is 2.82. The van der Waals surface area contributed by atoms with Gasteiger partial charge in [0.1, 0.15) is 5.65 Å². The van der Waals surface area contributed by atoms with Crippen LogP contribution in [-0.4, -0.2) is 36.1 Å². The molecule has 6 heteroatoms. The maximum Gasteiger partial charge on any atom is 0.223 e. The van der Waals surface area contributed by atoms with Crippen molar-refractivity contribution in [1.82, 2.24) is 14.7 Å². The number of aryl methyl sites for hydroxylation is 1. The molecule has 1 amide bonds. The molecular formula is C22H25N3O3. The molecule has 3 aromatic rings. The van der Waals surface area contributed by atoms with E-state index in [1.165, 1.54) is 5.69 Å². The van der Waals surface area contributed by atoms with Gasteiger partial charge in [-0.2, -0.15) is 0 Å². The van der Waals surface area contributed by atoms with Gasteiger partial charge in [0.25, 0.3) is 0 Å². The third kappa shape index (κ3) is 3.54. The monoisotopic (exact) mass is 379 g/mol. The van der Waals surface area contributed by atoms with Gasteiger partial charge >= 0.3 is 0 Å². The van der Waals surface area contributed by atoms with Gasteiger partial charge in [-0.1, -0.05) is 12.1 Å². The minimum atomic E-state index is -0.00184. The second-order valence-electron chi connectivity index (χ2n) is 7.10. The summed E-state index contributed by atoms with van der Waals surface area (Å²) in [5, 5.41) is 3.10. The molecule has 6 nitrogen and oxygen atoms in total. The Balaban J connectivity index is 1.36. The summed E-state index contributed by atoms with van der Waals surface area (Å²) in [6.45, 7) is 0.602. The quantitative estimate of drug-likeness (QED) is 0.715. The molecule has 146 valence electrons. The number of aromatic nitrogens is 2. The molecule has 0 saturated carbocycles. The van der Waals surface area contributed by atoms with E-state index in [-0.39, 0.29) is 11.8 Å². The molecule has 0 radical (unpaired) electrons. The highest BCUT2D eigenvalue weighted by atomic mass is 16.5. The molecular weight excluding hydrogens is 354 g/mol. The van der Waals surface area contributed by atoms with Gasteiger partial charge in [-0.25, -0.2) is 4.98 Å². The van der Waals surface area contributed by atoms with Gasteiger partial charge in [0.15, 0.2) is 11.5 Å². The fraction of sp³-hybridized carbons (Fsp3) is 0.364. The summed E-state index contributed by atoms with van der Waals surface area (Å²) in [6.07, 6.45) is 5.21. The molecule has 1 atom stereocenters. The first-order chi connectivity index (χ1) is 13.7. The van der Waals surface area contributed by atoms with Crippen LogP contribution < -0.4 is 14.8 Å². The van der Waals surface area contributed by atoms with Crippen molar-refractivity contribution in [3.63, 3.8) is 0 Å². The van der Waals surface area contributed by atoms with E-state index < -0.39 is 0 Å². The maximum atomic E-state index is 12.7. The zero-order chi connectivity index (χ0) is 19.5. The van der Waals surface area contributed by atoms with Crippen LogP contribution in [0.15, 0.2) is 42.6 Å². The summed E-state index contributed by atoms with van der Waals surface area (Å²) in [5.74, 6) is 1.54. The SMILES string of the molecule is COc1ccc(CCNC(=O)C2CCc3nc4ccccn4c3C2)cc1OC. The lowest BCUT2D eigenvalue weighted by atomic mass is 9.89. The largest absolute Gasteiger partial charge is 0.493 e. The molecule has 0 saturated heterocycles. The Morgan fingerprint density at radius 3 is 2.89 bits per heavy atom. The lowest BCUT2D eigenvalue weighted by molar-refractivity contribution is -0.125. The van der Waals surface area contributed by atoms with Crippen molar-refractivity contribution < 1.29 is 14.3 Å². The number of carbonyl (C=O) groups excluding carboxylic acids is 1. The summed E-state index contributed by atoms with van der Waals surface area (Å²) >= 11 is 0. The number of nitrogens with one attached hydrogen (secondary N) is 1. The Morgan fingerprint density at radius 1 is 1.21 bits per heavy atom. The second kappa shape index (κ2) is 7.92. The maximum absolute atomic E-state index is 12.7. The molecule has 1 aromatic carbocycles. The highest BCUT2D eigenvalue weighted by Crippen LogP contribution is 2.28. The van der Waals surface area contributed by atoms with Crippen LogP contribution in [0, 0.1) is 5.92 Å². The van der Waals surface area contributed by atoms with Gasteiger partial charge in [0.2, 0.25) is 5.91 Å². The molecule has 2 heterocycles. The first kappa shape index (κ1) is 18.3. The van der Waals surface area contributed by atoms with Gasteiger partial charge in [-0.15, -0.1) is 0 Å². The molecule has 0 spiro atoms. The van der Waals surface area contributed by atoms with Gasteiger partial charge < -0.3 is 19.2 Å². The minimum absolute atomic E-state index is 0.00184. The van der Waals surface area contributed by atoms with Crippen LogP contribution in [0.25, 0.3) is 5.65 Å². The number of methoxy groups -OCH3 is 2. The van der Waals surface area contributed by atoms with Gasteiger partial charge in [-0.05, 0) is 49.1 Å². The number of imidazole rings is 1. The number of hydrogen-bond donors (Lipinski definition) is 1. The third-order valence-corrected chi connectivity index (χ3v) is 5.41. The number of rotatable bonds is 6. The van der Waals surface area contributed by atoms with E-state index in [1.807, 2.05) is 42.6 Å². The van der Waals surface area contributed by atoms with E-state index in [2.05, 4.69) is 14.7 Å². The zero-order valence-electron chi connectivity index (χ0n) is 16.3. The smallest absolute Gasteiger partial charge is 0.223 e. The van der Waals surface area contributed by atoms with Crippen LogP contribution in [0.2, 0.25) is 0 Å². The van der Waals surface area contributed by atoms with Crippen LogP contribution in [0.5, 0.6) is 11.5 Å². The Morgan fingerprint density at radius 2 is 2.07 bits per heavy atom. The van der Waals surface area contributed by atoms with E-state index in [9.17, 15) is 4.79 Å². The number of fused-ring (bicyclic) bond motifs is 3. The number of hydrogen-bond acceptors (Lipinski definition) is 4. The summed E-state index contributed by atoms with van der Waals surface area (Å²) < 4.78 is 12.7. The summed E-state index contributed by atoms with van der Waals surface area (Å²) in [5.41, 5.74) is 4.36. The minimum Gasteiger partial charge on any atom is -0.493 e. The van der Waals surface area contributed by atoms with E-state index in [0.29, 0.717) is 18.0 Å². The predicted molar refractivity (Wildman–Crippen MR) is 107 cm³/mol. The van der Waals surface area contributed by atoms with Crippen LogP contribution in [-0.2, 0) is 24.1 Å². The van der Waals surface area contributed by atoms with Crippen molar-refractivity contribution in [2.45, 2.75) is 25.7 Å². The molecule has 1 aliphatic carbocycles. The van der Waals surface area contributed by atoms with Gasteiger partial charge in [0.05, 0.1) is 19.9 Å². The van der Waals surface area contributed by atoms with E-state index >= 15 is 0 Å². The molecule has 1 aliphatic rings. The van der Waals surface area contributed by atoms with E-state index in [4.69, 9.17) is 9.47 Å². The first-order valence-corrected chi connectivity index (χ1v) is 9.63. The Labute approximate surface area is 164 Å². The summed E-state index contributed by atoms with van der Waals surface area (Å²) in [4.78, 5) is 17.4. The van der Waals surface area contributed by atoms with E-state index in [0.717, 1.165) is 42.6 Å². The fourth-order valence-corrected chi connectivity index (χ4v) is 3.89. The molecule has 1 unspecified atom stereocenters. The Bertz CT molecular complexity index is 996. The fourth-order valence-electron chi connectivity index (χ4n) is 3.89. The molecule has 0 fully saturated rings. The van der Waals surface area contributed by atoms with Crippen LogP contribution >= 0.6 is 0 Å². The molecule has 4 rings (SSSR count). The first-order valence-electron chi connectivity index (χ1n) is 9.63. The topological polar surface area (TPSA) is 64.9 Å². The van der Waals surface area contributed by atoms with Crippen LogP contribution in [0.1, 0.15) is 23.4 Å². The van der Waals surface area contributed by atoms with E-state index in [1.54, 1.807) is 14.2 Å². The molecule has 0 bridgehead atoms. The summed E-state index contributed by atoms with van der Waals surface area (Å²) in [6, 6.07) is 11.9. The van der Waals surface area contributed by atoms with Crippen molar-refractivity contribution in [2.24, 2.45) is 5.92 Å². The average molecular weight is 379 g/mol. The highest BCUT2D eigenvalue weighted by Gasteiger charge is 2.27. The van der Waals surface area contributed by atoms with Crippen molar-refractivity contribution in [3.8, 4) is 11.5 Å². The van der Waals surface area contributed by atoms with Gasteiger partial charge in [-0.3, -0.25) is 4.79 Å². The Hall–Kier alpha value is -3.02. The number of pyridine rings is 1. The summed E-state index contributed by atoms with van der Waals surface area (Å²) in [7, 11) is 3.25. The lowest BCUT2D eigenvalue weighted by Gasteiger charge is -2.21. The van der Waals surface area contributed by atoms with Crippen molar-refractivity contribution in [1.29, 1.82) is 0 Å². The van der Waals surface area contributed by atoms with Crippen molar-refractivity contribution in [3.05, 3.63) is 59.5 Å². The zero-order valence-corrected chi connectivity index (χ0v) is 16.3. The van der Waals surface area contributed by atoms with Crippen LogP contribution in [0.4, 0.5) is 0 Å². The molecule has 28 heavy (non-hydrogen) atoms. The van der Waals surface area contributed by atoms with Gasteiger partial charge in [0, 0.05) is 30.8 Å².